The second-order valence-electron chi connectivity index (χ2n) is 4.29. The molecule has 7 heteroatoms. The van der Waals surface area contributed by atoms with Crippen LogP contribution < -0.4 is 5.32 Å². The van der Waals surface area contributed by atoms with Crippen molar-refractivity contribution in [1.82, 2.24) is 9.29 Å². The molecule has 0 spiro atoms. The molecule has 108 valence electrons. The van der Waals surface area contributed by atoms with Crippen LogP contribution in [0.25, 0.3) is 0 Å². The quantitative estimate of drug-likeness (QED) is 0.887. The van der Waals surface area contributed by atoms with Crippen LogP contribution in [-0.2, 0) is 16.4 Å². The van der Waals surface area contributed by atoms with Crippen molar-refractivity contribution in [3.05, 3.63) is 40.7 Å². The lowest BCUT2D eigenvalue weighted by Crippen LogP contribution is -2.29. The first-order valence-electron chi connectivity index (χ1n) is 6.16. The molecular formula is C13H17N3O2S2. The summed E-state index contributed by atoms with van der Waals surface area (Å²) in [7, 11) is -0.138. The molecule has 5 nitrogen and oxygen atoms in total. The van der Waals surface area contributed by atoms with Gasteiger partial charge in [-0.05, 0) is 30.0 Å². The lowest BCUT2D eigenvalue weighted by Gasteiger charge is -2.16. The summed E-state index contributed by atoms with van der Waals surface area (Å²) in [6, 6.07) is 7.19. The Morgan fingerprint density at radius 3 is 2.70 bits per heavy atom. The predicted octanol–water partition coefficient (Wildman–Crippen LogP) is 2.05. The standard InChI is InChI=1S/C13H17N3O2S2/c1-14-13-6-5-12(10-15-13)20(17,18)16(2)8-7-11-4-3-9-19-11/h3-6,9-10H,7-8H2,1-2H3,(H,14,15). The zero-order chi connectivity index (χ0) is 14.6. The van der Waals surface area contributed by atoms with Gasteiger partial charge in [0.1, 0.15) is 10.7 Å². The number of likely N-dealkylation sites (N-methyl/N-ethyl adjacent to an activating group) is 1. The lowest BCUT2D eigenvalue weighted by molar-refractivity contribution is 0.473. The van der Waals surface area contributed by atoms with Crippen LogP contribution >= 0.6 is 11.3 Å². The molecule has 0 bridgehead atoms. The highest BCUT2D eigenvalue weighted by Gasteiger charge is 2.20. The van der Waals surface area contributed by atoms with Gasteiger partial charge < -0.3 is 5.32 Å². The van der Waals surface area contributed by atoms with Gasteiger partial charge in [-0.15, -0.1) is 11.3 Å². The van der Waals surface area contributed by atoms with E-state index in [0.29, 0.717) is 12.4 Å². The summed E-state index contributed by atoms with van der Waals surface area (Å²) in [5.41, 5.74) is 0. The van der Waals surface area contributed by atoms with Gasteiger partial charge in [0, 0.05) is 31.7 Å². The van der Waals surface area contributed by atoms with Crippen LogP contribution in [0.3, 0.4) is 0 Å². The Bertz CT molecular complexity index is 637. The van der Waals surface area contributed by atoms with Crippen molar-refractivity contribution >= 4 is 27.2 Å². The normalized spacial score (nSPS) is 11.8. The first-order chi connectivity index (χ1) is 9.54. The fourth-order valence-electron chi connectivity index (χ4n) is 1.70. The van der Waals surface area contributed by atoms with Crippen LogP contribution in [0, 0.1) is 0 Å². The van der Waals surface area contributed by atoms with Crippen LogP contribution in [0.4, 0.5) is 5.82 Å². The maximum atomic E-state index is 12.4. The number of rotatable bonds is 6. The molecule has 0 saturated heterocycles. The lowest BCUT2D eigenvalue weighted by atomic mass is 10.3. The van der Waals surface area contributed by atoms with Crippen molar-refractivity contribution in [2.24, 2.45) is 0 Å². The summed E-state index contributed by atoms with van der Waals surface area (Å²) in [5.74, 6) is 0.644. The Kier molecular flexibility index (Phi) is 4.74. The van der Waals surface area contributed by atoms with Gasteiger partial charge in [0.25, 0.3) is 0 Å². The van der Waals surface area contributed by atoms with E-state index in [1.165, 1.54) is 15.4 Å². The number of thiophene rings is 1. The zero-order valence-electron chi connectivity index (χ0n) is 11.4. The highest BCUT2D eigenvalue weighted by molar-refractivity contribution is 7.89. The second-order valence-corrected chi connectivity index (χ2v) is 7.36. The van der Waals surface area contributed by atoms with Crippen LogP contribution in [0.15, 0.2) is 40.7 Å². The number of pyridine rings is 1. The number of anilines is 1. The van der Waals surface area contributed by atoms with E-state index < -0.39 is 10.0 Å². The van der Waals surface area contributed by atoms with Gasteiger partial charge >= 0.3 is 0 Å². The maximum Gasteiger partial charge on any atom is 0.244 e. The van der Waals surface area contributed by atoms with E-state index in [4.69, 9.17) is 0 Å². The molecule has 2 aromatic heterocycles. The largest absolute Gasteiger partial charge is 0.373 e. The minimum atomic E-state index is -3.47. The molecule has 0 amide bonds. The van der Waals surface area contributed by atoms with E-state index in [9.17, 15) is 8.42 Å². The molecule has 0 atom stereocenters. The minimum absolute atomic E-state index is 0.213. The molecule has 0 aliphatic rings. The molecule has 0 saturated carbocycles. The van der Waals surface area contributed by atoms with Crippen LogP contribution in [0.2, 0.25) is 0 Å². The summed E-state index contributed by atoms with van der Waals surface area (Å²) < 4.78 is 26.1. The molecule has 2 rings (SSSR count). The van der Waals surface area contributed by atoms with Gasteiger partial charge in [0.05, 0.1) is 0 Å². The van der Waals surface area contributed by atoms with Crippen LogP contribution in [-0.4, -0.2) is 38.3 Å². The molecule has 2 aromatic rings. The van der Waals surface area contributed by atoms with Crippen molar-refractivity contribution in [2.75, 3.05) is 26.0 Å². The van der Waals surface area contributed by atoms with Gasteiger partial charge in [-0.1, -0.05) is 6.07 Å². The number of sulfonamides is 1. The molecule has 1 N–H and O–H groups in total. The zero-order valence-corrected chi connectivity index (χ0v) is 13.0. The topological polar surface area (TPSA) is 62.3 Å². The van der Waals surface area contributed by atoms with Crippen molar-refractivity contribution < 1.29 is 8.42 Å². The Balaban J connectivity index is 2.07. The highest BCUT2D eigenvalue weighted by atomic mass is 32.2. The van der Waals surface area contributed by atoms with E-state index in [-0.39, 0.29) is 4.90 Å². The fraction of sp³-hybridized carbons (Fsp3) is 0.308. The predicted molar refractivity (Wildman–Crippen MR) is 81.6 cm³/mol. The Morgan fingerprint density at radius 1 is 1.35 bits per heavy atom. The van der Waals surface area contributed by atoms with Gasteiger partial charge in [-0.25, -0.2) is 17.7 Å². The number of hydrogen-bond acceptors (Lipinski definition) is 5. The Morgan fingerprint density at radius 2 is 2.15 bits per heavy atom. The van der Waals surface area contributed by atoms with Crippen molar-refractivity contribution in [1.29, 1.82) is 0 Å². The van der Waals surface area contributed by atoms with Crippen molar-refractivity contribution in [2.45, 2.75) is 11.3 Å². The summed E-state index contributed by atoms with van der Waals surface area (Å²) >= 11 is 1.63. The Hall–Kier alpha value is -1.44. The third-order valence-corrected chi connectivity index (χ3v) is 5.73. The van der Waals surface area contributed by atoms with Gasteiger partial charge in [0.2, 0.25) is 10.0 Å². The Labute approximate surface area is 123 Å². The fourth-order valence-corrected chi connectivity index (χ4v) is 3.52. The van der Waals surface area contributed by atoms with Crippen LogP contribution in [0.5, 0.6) is 0 Å². The van der Waals surface area contributed by atoms with Crippen LogP contribution in [0.1, 0.15) is 4.88 Å². The van der Waals surface area contributed by atoms with Gasteiger partial charge in [-0.3, -0.25) is 0 Å². The van der Waals surface area contributed by atoms with Gasteiger partial charge in [-0.2, -0.15) is 0 Å². The highest BCUT2D eigenvalue weighted by Crippen LogP contribution is 2.16. The number of hydrogen-bond donors (Lipinski definition) is 1. The molecular weight excluding hydrogens is 294 g/mol. The van der Waals surface area contributed by atoms with E-state index in [1.54, 1.807) is 37.6 Å². The van der Waals surface area contributed by atoms with Crippen molar-refractivity contribution in [3.63, 3.8) is 0 Å². The monoisotopic (exact) mass is 311 g/mol. The third kappa shape index (κ3) is 3.36. The minimum Gasteiger partial charge on any atom is -0.373 e. The SMILES string of the molecule is CNc1ccc(S(=O)(=O)N(C)CCc2cccs2)cn1. The molecule has 0 aliphatic carbocycles. The molecule has 2 heterocycles. The summed E-state index contributed by atoms with van der Waals surface area (Å²) in [6.07, 6.45) is 2.10. The molecule has 0 unspecified atom stereocenters. The molecule has 20 heavy (non-hydrogen) atoms. The molecule has 0 aliphatic heterocycles. The maximum absolute atomic E-state index is 12.4. The van der Waals surface area contributed by atoms with Gasteiger partial charge in [0.15, 0.2) is 0 Å². The van der Waals surface area contributed by atoms with Crippen molar-refractivity contribution in [3.8, 4) is 0 Å². The van der Waals surface area contributed by atoms with E-state index in [0.717, 1.165) is 6.42 Å². The summed E-state index contributed by atoms with van der Waals surface area (Å²) in [6.45, 7) is 0.455. The first kappa shape index (κ1) is 15.0. The average Bonchev–Trinajstić information content (AvgIpc) is 2.98. The third-order valence-electron chi connectivity index (χ3n) is 2.95. The molecule has 0 aromatic carbocycles. The molecule has 0 fully saturated rings. The number of nitrogens with zero attached hydrogens (tertiary/aromatic N) is 2. The van der Waals surface area contributed by atoms with E-state index in [1.807, 2.05) is 17.5 Å². The van der Waals surface area contributed by atoms with E-state index >= 15 is 0 Å². The summed E-state index contributed by atoms with van der Waals surface area (Å²) in [5, 5.41) is 4.85. The van der Waals surface area contributed by atoms with E-state index in [2.05, 4.69) is 10.3 Å². The molecule has 0 radical (unpaired) electrons. The number of nitrogens with one attached hydrogen (secondary N) is 1. The first-order valence-corrected chi connectivity index (χ1v) is 8.48. The summed E-state index contributed by atoms with van der Waals surface area (Å²) in [4.78, 5) is 5.43. The average molecular weight is 311 g/mol. The number of aromatic nitrogens is 1. The smallest absolute Gasteiger partial charge is 0.244 e. The second kappa shape index (κ2) is 6.34.